The Labute approximate surface area is 179 Å². The van der Waals surface area contributed by atoms with Gasteiger partial charge in [-0.05, 0) is 49.2 Å². The van der Waals surface area contributed by atoms with E-state index in [0.29, 0.717) is 23.3 Å². The van der Waals surface area contributed by atoms with E-state index in [9.17, 15) is 8.78 Å². The van der Waals surface area contributed by atoms with Gasteiger partial charge < -0.3 is 25.0 Å². The van der Waals surface area contributed by atoms with Crippen LogP contribution in [0.2, 0.25) is 0 Å². The van der Waals surface area contributed by atoms with Gasteiger partial charge in [-0.1, -0.05) is 6.07 Å². The summed E-state index contributed by atoms with van der Waals surface area (Å²) in [7, 11) is 1.62. The topological polar surface area (TPSA) is 71.5 Å². The van der Waals surface area contributed by atoms with Gasteiger partial charge in [0.2, 0.25) is 5.95 Å². The summed E-state index contributed by atoms with van der Waals surface area (Å²) in [6.07, 6.45) is 2.19. The number of halogens is 2. The molecule has 1 aliphatic heterocycles. The standard InChI is InChI=1S/C22H23F2N5O2/c1-30-17-9-7-15(8-10-17)25-19-14-20(28-22(27-19)29-11-2-3-12-29)26-16-5-4-6-18(13-16)31-21(23)24/h4-10,13-14,21H,2-3,11-12H2,1H3,(H2,25,26,27,28). The van der Waals surface area contributed by atoms with Crippen LogP contribution in [-0.2, 0) is 0 Å². The summed E-state index contributed by atoms with van der Waals surface area (Å²) < 4.78 is 34.7. The molecule has 1 saturated heterocycles. The lowest BCUT2D eigenvalue weighted by Gasteiger charge is -2.18. The van der Waals surface area contributed by atoms with Crippen LogP contribution >= 0.6 is 0 Å². The van der Waals surface area contributed by atoms with Crippen molar-refractivity contribution in [2.45, 2.75) is 19.5 Å². The Kier molecular flexibility index (Phi) is 6.30. The SMILES string of the molecule is COc1ccc(Nc2cc(Nc3cccc(OC(F)F)c3)nc(N3CCCC3)n2)cc1. The normalized spacial score (nSPS) is 13.4. The van der Waals surface area contributed by atoms with E-state index >= 15 is 0 Å². The first kappa shape index (κ1) is 20.6. The Bertz CT molecular complexity index is 1010. The fourth-order valence-corrected chi connectivity index (χ4v) is 3.34. The van der Waals surface area contributed by atoms with Gasteiger partial charge in [-0.15, -0.1) is 0 Å². The molecule has 1 fully saturated rings. The molecule has 162 valence electrons. The molecule has 0 spiro atoms. The van der Waals surface area contributed by atoms with Crippen LogP contribution in [0.4, 0.5) is 37.7 Å². The second-order valence-corrected chi connectivity index (χ2v) is 7.02. The lowest BCUT2D eigenvalue weighted by Crippen LogP contribution is -2.21. The Balaban J connectivity index is 1.60. The van der Waals surface area contributed by atoms with Crippen LogP contribution in [0, 0.1) is 0 Å². The summed E-state index contributed by atoms with van der Waals surface area (Å²) in [5.41, 5.74) is 1.43. The van der Waals surface area contributed by atoms with Crippen LogP contribution in [0.1, 0.15) is 12.8 Å². The molecule has 2 heterocycles. The first-order valence-corrected chi connectivity index (χ1v) is 9.96. The number of benzene rings is 2. The lowest BCUT2D eigenvalue weighted by atomic mass is 10.3. The van der Waals surface area contributed by atoms with Crippen LogP contribution in [0.3, 0.4) is 0 Å². The lowest BCUT2D eigenvalue weighted by molar-refractivity contribution is -0.0498. The number of anilines is 5. The van der Waals surface area contributed by atoms with Crippen molar-refractivity contribution in [3.8, 4) is 11.5 Å². The molecule has 2 N–H and O–H groups in total. The fraction of sp³-hybridized carbons (Fsp3) is 0.273. The fourth-order valence-electron chi connectivity index (χ4n) is 3.34. The molecule has 0 radical (unpaired) electrons. The summed E-state index contributed by atoms with van der Waals surface area (Å²) in [6, 6.07) is 15.7. The minimum Gasteiger partial charge on any atom is -0.497 e. The average molecular weight is 427 g/mol. The van der Waals surface area contributed by atoms with Crippen LogP contribution in [0.25, 0.3) is 0 Å². The van der Waals surface area contributed by atoms with E-state index in [1.807, 2.05) is 24.3 Å². The molecule has 0 amide bonds. The summed E-state index contributed by atoms with van der Waals surface area (Å²) in [5, 5.41) is 6.45. The zero-order valence-electron chi connectivity index (χ0n) is 17.0. The van der Waals surface area contributed by atoms with Crippen molar-refractivity contribution in [3.63, 3.8) is 0 Å². The van der Waals surface area contributed by atoms with Gasteiger partial charge in [0.05, 0.1) is 7.11 Å². The number of rotatable bonds is 8. The first-order chi connectivity index (χ1) is 15.1. The number of methoxy groups -OCH3 is 1. The van der Waals surface area contributed by atoms with Crippen LogP contribution in [0.15, 0.2) is 54.6 Å². The molecule has 4 rings (SSSR count). The molecule has 0 aliphatic carbocycles. The number of hydrogen-bond acceptors (Lipinski definition) is 7. The number of alkyl halides is 2. The maximum Gasteiger partial charge on any atom is 0.387 e. The van der Waals surface area contributed by atoms with E-state index in [2.05, 4.69) is 30.2 Å². The van der Waals surface area contributed by atoms with Gasteiger partial charge in [0.25, 0.3) is 0 Å². The molecule has 1 aromatic heterocycles. The molecular weight excluding hydrogens is 404 g/mol. The third-order valence-corrected chi connectivity index (χ3v) is 4.80. The highest BCUT2D eigenvalue weighted by molar-refractivity contribution is 5.66. The quantitative estimate of drug-likeness (QED) is 0.514. The van der Waals surface area contributed by atoms with Crippen molar-refractivity contribution < 1.29 is 18.3 Å². The largest absolute Gasteiger partial charge is 0.497 e. The first-order valence-electron chi connectivity index (χ1n) is 9.96. The third-order valence-electron chi connectivity index (χ3n) is 4.80. The maximum atomic E-state index is 12.5. The molecule has 1 aliphatic rings. The highest BCUT2D eigenvalue weighted by Gasteiger charge is 2.17. The van der Waals surface area contributed by atoms with Crippen LogP contribution in [-0.4, -0.2) is 36.8 Å². The van der Waals surface area contributed by atoms with Gasteiger partial charge in [-0.3, -0.25) is 0 Å². The van der Waals surface area contributed by atoms with Crippen LogP contribution < -0.4 is 25.0 Å². The predicted molar refractivity (Wildman–Crippen MR) is 116 cm³/mol. The van der Waals surface area contributed by atoms with E-state index < -0.39 is 6.61 Å². The van der Waals surface area contributed by atoms with Crippen molar-refractivity contribution in [2.24, 2.45) is 0 Å². The molecule has 9 heteroatoms. The van der Waals surface area contributed by atoms with E-state index in [1.165, 1.54) is 12.1 Å². The molecule has 7 nitrogen and oxygen atoms in total. The molecule has 0 saturated carbocycles. The van der Waals surface area contributed by atoms with E-state index in [-0.39, 0.29) is 5.75 Å². The highest BCUT2D eigenvalue weighted by Crippen LogP contribution is 2.27. The van der Waals surface area contributed by atoms with Crippen molar-refractivity contribution in [1.29, 1.82) is 0 Å². The highest BCUT2D eigenvalue weighted by atomic mass is 19.3. The maximum absolute atomic E-state index is 12.5. The average Bonchev–Trinajstić information content (AvgIpc) is 3.29. The predicted octanol–water partition coefficient (Wildman–Crippen LogP) is 5.17. The molecule has 0 atom stereocenters. The van der Waals surface area contributed by atoms with E-state index in [1.54, 1.807) is 25.3 Å². The summed E-state index contributed by atoms with van der Waals surface area (Å²) in [4.78, 5) is 11.4. The number of nitrogens with zero attached hydrogens (tertiary/aromatic N) is 3. The van der Waals surface area contributed by atoms with Crippen molar-refractivity contribution in [2.75, 3.05) is 35.7 Å². The zero-order chi connectivity index (χ0) is 21.6. The van der Waals surface area contributed by atoms with Gasteiger partial charge in [-0.2, -0.15) is 18.7 Å². The minimum absolute atomic E-state index is 0.0744. The van der Waals surface area contributed by atoms with Crippen molar-refractivity contribution >= 4 is 29.0 Å². The second kappa shape index (κ2) is 9.46. The monoisotopic (exact) mass is 427 g/mol. The minimum atomic E-state index is -2.88. The van der Waals surface area contributed by atoms with Crippen LogP contribution in [0.5, 0.6) is 11.5 Å². The molecule has 0 bridgehead atoms. The van der Waals surface area contributed by atoms with Gasteiger partial charge in [0.15, 0.2) is 0 Å². The Hall–Kier alpha value is -3.62. The Morgan fingerprint density at radius 3 is 2.19 bits per heavy atom. The molecule has 31 heavy (non-hydrogen) atoms. The smallest absolute Gasteiger partial charge is 0.387 e. The van der Waals surface area contributed by atoms with Gasteiger partial charge in [0, 0.05) is 36.6 Å². The molecule has 3 aromatic rings. The Morgan fingerprint density at radius 1 is 0.871 bits per heavy atom. The van der Waals surface area contributed by atoms with E-state index in [4.69, 9.17) is 4.74 Å². The summed E-state index contributed by atoms with van der Waals surface area (Å²) in [5.74, 6) is 2.61. The van der Waals surface area contributed by atoms with Crippen molar-refractivity contribution in [3.05, 3.63) is 54.6 Å². The molecule has 2 aromatic carbocycles. The number of ether oxygens (including phenoxy) is 2. The summed E-state index contributed by atoms with van der Waals surface area (Å²) >= 11 is 0. The summed E-state index contributed by atoms with van der Waals surface area (Å²) in [6.45, 7) is -1.09. The number of aromatic nitrogens is 2. The van der Waals surface area contributed by atoms with Crippen molar-refractivity contribution in [1.82, 2.24) is 9.97 Å². The van der Waals surface area contributed by atoms with Gasteiger partial charge in [0.1, 0.15) is 23.1 Å². The van der Waals surface area contributed by atoms with Gasteiger partial charge in [-0.25, -0.2) is 0 Å². The third kappa shape index (κ3) is 5.50. The molecular formula is C22H23F2N5O2. The number of nitrogens with one attached hydrogen (secondary N) is 2. The molecule has 0 unspecified atom stereocenters. The van der Waals surface area contributed by atoms with Gasteiger partial charge >= 0.3 is 6.61 Å². The Morgan fingerprint density at radius 2 is 1.55 bits per heavy atom. The zero-order valence-corrected chi connectivity index (χ0v) is 17.0. The number of hydrogen-bond donors (Lipinski definition) is 2. The van der Waals surface area contributed by atoms with E-state index in [0.717, 1.165) is 37.4 Å². The second-order valence-electron chi connectivity index (χ2n) is 7.02.